The van der Waals surface area contributed by atoms with E-state index in [9.17, 15) is 10.1 Å². The molecule has 0 saturated heterocycles. The number of nitro benzene ring substituents is 1. The lowest BCUT2D eigenvalue weighted by Crippen LogP contribution is -1.91. The molecule has 0 atom stereocenters. The van der Waals surface area contributed by atoms with Crippen LogP contribution in [0.15, 0.2) is 48.8 Å². The number of pyridine rings is 1. The van der Waals surface area contributed by atoms with E-state index in [1.165, 1.54) is 6.07 Å². The fraction of sp³-hybridized carbons (Fsp3) is 0.0714. The van der Waals surface area contributed by atoms with Crippen molar-refractivity contribution >= 4 is 11.3 Å². The first-order chi connectivity index (χ1) is 9.70. The van der Waals surface area contributed by atoms with Gasteiger partial charge in [-0.3, -0.25) is 10.1 Å². The normalized spacial score (nSPS) is 10.7. The molecule has 0 N–H and O–H groups in total. The SMILES string of the molecule is COc1cccn2cc(-c3ccccc3[N+](=O)[O-])nc12. The summed E-state index contributed by atoms with van der Waals surface area (Å²) >= 11 is 0. The molecule has 0 saturated carbocycles. The maximum Gasteiger partial charge on any atom is 0.278 e. The van der Waals surface area contributed by atoms with Gasteiger partial charge in [0.25, 0.3) is 5.69 Å². The van der Waals surface area contributed by atoms with Crippen LogP contribution in [0.5, 0.6) is 5.75 Å². The van der Waals surface area contributed by atoms with Gasteiger partial charge in [0.2, 0.25) is 0 Å². The van der Waals surface area contributed by atoms with Crippen LogP contribution in [0.4, 0.5) is 5.69 Å². The zero-order valence-corrected chi connectivity index (χ0v) is 10.7. The van der Waals surface area contributed by atoms with Crippen molar-refractivity contribution < 1.29 is 9.66 Å². The third kappa shape index (κ3) is 1.87. The highest BCUT2D eigenvalue weighted by molar-refractivity contribution is 5.73. The van der Waals surface area contributed by atoms with Crippen molar-refractivity contribution in [2.45, 2.75) is 0 Å². The Kier molecular flexibility index (Phi) is 2.83. The smallest absolute Gasteiger partial charge is 0.278 e. The molecule has 3 rings (SSSR count). The summed E-state index contributed by atoms with van der Waals surface area (Å²) in [5, 5.41) is 11.1. The Morgan fingerprint density at radius 3 is 2.80 bits per heavy atom. The molecule has 2 heterocycles. The average molecular weight is 269 g/mol. The monoisotopic (exact) mass is 269 g/mol. The third-order valence-electron chi connectivity index (χ3n) is 3.04. The van der Waals surface area contributed by atoms with Crippen LogP contribution < -0.4 is 4.74 Å². The molecule has 3 aromatic rings. The topological polar surface area (TPSA) is 69.7 Å². The first-order valence-electron chi connectivity index (χ1n) is 5.96. The number of fused-ring (bicyclic) bond motifs is 1. The molecule has 6 nitrogen and oxygen atoms in total. The van der Waals surface area contributed by atoms with Gasteiger partial charge >= 0.3 is 0 Å². The maximum atomic E-state index is 11.1. The van der Waals surface area contributed by atoms with Crippen molar-refractivity contribution in [1.82, 2.24) is 9.38 Å². The van der Waals surface area contributed by atoms with E-state index in [0.29, 0.717) is 22.7 Å². The average Bonchev–Trinajstić information content (AvgIpc) is 2.90. The standard InChI is InChI=1S/C14H11N3O3/c1-20-13-7-4-8-16-9-11(15-14(13)16)10-5-2-3-6-12(10)17(18)19/h2-9H,1H3. The van der Waals surface area contributed by atoms with Crippen LogP contribution >= 0.6 is 0 Å². The van der Waals surface area contributed by atoms with Crippen LogP contribution in [0.25, 0.3) is 16.9 Å². The number of hydrogen-bond donors (Lipinski definition) is 0. The summed E-state index contributed by atoms with van der Waals surface area (Å²) < 4.78 is 7.02. The van der Waals surface area contributed by atoms with Crippen molar-refractivity contribution in [3.8, 4) is 17.0 Å². The first-order valence-corrected chi connectivity index (χ1v) is 5.96. The Morgan fingerprint density at radius 1 is 1.25 bits per heavy atom. The minimum Gasteiger partial charge on any atom is -0.493 e. The van der Waals surface area contributed by atoms with Crippen LogP contribution in [0.1, 0.15) is 0 Å². The zero-order chi connectivity index (χ0) is 14.1. The lowest BCUT2D eigenvalue weighted by molar-refractivity contribution is -0.384. The van der Waals surface area contributed by atoms with Crippen molar-refractivity contribution in [3.05, 3.63) is 58.9 Å². The summed E-state index contributed by atoms with van der Waals surface area (Å²) in [6.45, 7) is 0. The summed E-state index contributed by atoms with van der Waals surface area (Å²) in [5.41, 5.74) is 1.70. The molecular weight excluding hydrogens is 258 g/mol. The second-order valence-electron chi connectivity index (χ2n) is 4.21. The van der Waals surface area contributed by atoms with Crippen molar-refractivity contribution in [2.24, 2.45) is 0 Å². The number of imidazole rings is 1. The summed E-state index contributed by atoms with van der Waals surface area (Å²) in [6.07, 6.45) is 3.57. The molecule has 0 aliphatic heterocycles. The van der Waals surface area contributed by atoms with Gasteiger partial charge in [-0.2, -0.15) is 0 Å². The number of rotatable bonds is 3. The van der Waals surface area contributed by atoms with Gasteiger partial charge in [0.1, 0.15) is 0 Å². The van der Waals surface area contributed by atoms with E-state index in [-0.39, 0.29) is 5.69 Å². The van der Waals surface area contributed by atoms with Gasteiger partial charge in [-0.25, -0.2) is 4.98 Å². The summed E-state index contributed by atoms with van der Waals surface area (Å²) in [5.74, 6) is 0.623. The van der Waals surface area contributed by atoms with E-state index < -0.39 is 4.92 Å². The molecule has 0 radical (unpaired) electrons. The molecule has 2 aromatic heterocycles. The molecule has 0 amide bonds. The Hall–Kier alpha value is -2.89. The highest BCUT2D eigenvalue weighted by atomic mass is 16.6. The highest BCUT2D eigenvalue weighted by Gasteiger charge is 2.17. The number of aromatic nitrogens is 2. The number of nitro groups is 1. The predicted octanol–water partition coefficient (Wildman–Crippen LogP) is 2.92. The number of methoxy groups -OCH3 is 1. The van der Waals surface area contributed by atoms with Gasteiger partial charge in [-0.15, -0.1) is 0 Å². The molecule has 0 bridgehead atoms. The van der Waals surface area contributed by atoms with Gasteiger partial charge < -0.3 is 9.14 Å². The lowest BCUT2D eigenvalue weighted by Gasteiger charge is -1.99. The Labute approximate surface area is 114 Å². The molecule has 20 heavy (non-hydrogen) atoms. The maximum absolute atomic E-state index is 11.1. The first kappa shape index (κ1) is 12.2. The minimum atomic E-state index is -0.406. The van der Waals surface area contributed by atoms with Crippen LogP contribution in [0, 0.1) is 10.1 Å². The molecular formula is C14H11N3O3. The Bertz CT molecular complexity index is 795. The van der Waals surface area contributed by atoms with E-state index in [2.05, 4.69) is 4.98 Å². The molecule has 0 fully saturated rings. The van der Waals surface area contributed by atoms with Crippen LogP contribution in [-0.4, -0.2) is 21.4 Å². The van der Waals surface area contributed by atoms with E-state index in [0.717, 1.165) is 0 Å². The van der Waals surface area contributed by atoms with Crippen molar-refractivity contribution in [1.29, 1.82) is 0 Å². The Balaban J connectivity index is 2.23. The summed E-state index contributed by atoms with van der Waals surface area (Å²) in [4.78, 5) is 15.1. The van der Waals surface area contributed by atoms with Gasteiger partial charge in [-0.05, 0) is 18.2 Å². The second-order valence-corrected chi connectivity index (χ2v) is 4.21. The minimum absolute atomic E-state index is 0.0369. The molecule has 0 unspecified atom stereocenters. The molecule has 0 aliphatic rings. The van der Waals surface area contributed by atoms with Crippen molar-refractivity contribution in [2.75, 3.05) is 7.11 Å². The number of nitrogens with zero attached hydrogens (tertiary/aromatic N) is 3. The van der Waals surface area contributed by atoms with E-state index >= 15 is 0 Å². The summed E-state index contributed by atoms with van der Waals surface area (Å²) in [7, 11) is 1.56. The predicted molar refractivity (Wildman–Crippen MR) is 73.8 cm³/mol. The lowest BCUT2D eigenvalue weighted by atomic mass is 10.1. The fourth-order valence-electron chi connectivity index (χ4n) is 2.13. The third-order valence-corrected chi connectivity index (χ3v) is 3.04. The fourth-order valence-corrected chi connectivity index (χ4v) is 2.13. The largest absolute Gasteiger partial charge is 0.493 e. The Morgan fingerprint density at radius 2 is 2.05 bits per heavy atom. The number of hydrogen-bond acceptors (Lipinski definition) is 4. The van der Waals surface area contributed by atoms with Crippen molar-refractivity contribution in [3.63, 3.8) is 0 Å². The zero-order valence-electron chi connectivity index (χ0n) is 10.7. The second kappa shape index (κ2) is 4.65. The molecule has 6 heteroatoms. The molecule has 0 aliphatic carbocycles. The van der Waals surface area contributed by atoms with Crippen LogP contribution in [0.2, 0.25) is 0 Å². The van der Waals surface area contributed by atoms with E-state index in [1.807, 2.05) is 12.3 Å². The molecule has 1 aromatic carbocycles. The number of ether oxygens (including phenoxy) is 1. The molecule has 0 spiro atoms. The van der Waals surface area contributed by atoms with E-state index in [4.69, 9.17) is 4.74 Å². The van der Waals surface area contributed by atoms with Crippen LogP contribution in [0.3, 0.4) is 0 Å². The quantitative estimate of drug-likeness (QED) is 0.541. The van der Waals surface area contributed by atoms with Gasteiger partial charge in [0.05, 0.1) is 23.3 Å². The van der Waals surface area contributed by atoms with Gasteiger partial charge in [-0.1, -0.05) is 12.1 Å². The van der Waals surface area contributed by atoms with E-state index in [1.54, 1.807) is 42.0 Å². The molecule has 100 valence electrons. The summed E-state index contributed by atoms with van der Waals surface area (Å²) in [6, 6.07) is 10.2. The van der Waals surface area contributed by atoms with Crippen LogP contribution in [-0.2, 0) is 0 Å². The number of para-hydroxylation sites is 1. The van der Waals surface area contributed by atoms with Gasteiger partial charge in [0, 0.05) is 18.5 Å². The van der Waals surface area contributed by atoms with Gasteiger partial charge in [0.15, 0.2) is 11.4 Å². The number of benzene rings is 1. The highest BCUT2D eigenvalue weighted by Crippen LogP contribution is 2.30.